The molecule has 26 heavy (non-hydrogen) atoms. The number of benzene rings is 2. The van der Waals surface area contributed by atoms with Crippen LogP contribution in [0.5, 0.6) is 5.75 Å². The molecule has 0 aliphatic rings. The molecule has 7 heteroatoms. The van der Waals surface area contributed by atoms with Crippen LogP contribution >= 0.6 is 0 Å². The van der Waals surface area contributed by atoms with E-state index in [1.165, 1.54) is 12.1 Å². The van der Waals surface area contributed by atoms with Crippen molar-refractivity contribution >= 4 is 17.3 Å². The first-order valence-corrected chi connectivity index (χ1v) is 8.51. The van der Waals surface area contributed by atoms with Gasteiger partial charge in [-0.1, -0.05) is 25.5 Å². The van der Waals surface area contributed by atoms with Crippen molar-refractivity contribution in [2.24, 2.45) is 0 Å². The SMILES string of the molecule is CCCCOc1cccc(CNC(=O)c2ccc(NC)c([N+](=O)[O-])c2)c1. The van der Waals surface area contributed by atoms with E-state index >= 15 is 0 Å². The lowest BCUT2D eigenvalue weighted by atomic mass is 10.1. The molecule has 2 N–H and O–H groups in total. The number of carbonyl (C=O) groups is 1. The summed E-state index contributed by atoms with van der Waals surface area (Å²) < 4.78 is 5.65. The Morgan fingerprint density at radius 2 is 2.04 bits per heavy atom. The predicted molar refractivity (Wildman–Crippen MR) is 101 cm³/mol. The number of hydrogen-bond acceptors (Lipinski definition) is 5. The molecule has 2 aromatic rings. The Balaban J connectivity index is 2.01. The summed E-state index contributed by atoms with van der Waals surface area (Å²) in [5.74, 6) is 0.396. The minimum Gasteiger partial charge on any atom is -0.494 e. The smallest absolute Gasteiger partial charge is 0.293 e. The fourth-order valence-corrected chi connectivity index (χ4v) is 2.40. The maximum atomic E-state index is 12.3. The van der Waals surface area contributed by atoms with Crippen LogP contribution < -0.4 is 15.4 Å². The van der Waals surface area contributed by atoms with E-state index in [9.17, 15) is 14.9 Å². The number of rotatable bonds is 9. The van der Waals surface area contributed by atoms with E-state index in [1.54, 1.807) is 13.1 Å². The van der Waals surface area contributed by atoms with Crippen LogP contribution in [0.25, 0.3) is 0 Å². The van der Waals surface area contributed by atoms with Crippen molar-refractivity contribution in [2.45, 2.75) is 26.3 Å². The van der Waals surface area contributed by atoms with Gasteiger partial charge in [-0.05, 0) is 36.2 Å². The van der Waals surface area contributed by atoms with E-state index in [0.29, 0.717) is 18.8 Å². The number of carbonyl (C=O) groups excluding carboxylic acids is 1. The summed E-state index contributed by atoms with van der Waals surface area (Å²) in [5.41, 5.74) is 1.37. The van der Waals surface area contributed by atoms with Crippen LogP contribution in [0.3, 0.4) is 0 Å². The van der Waals surface area contributed by atoms with Crippen LogP contribution in [0.2, 0.25) is 0 Å². The zero-order valence-corrected chi connectivity index (χ0v) is 15.0. The molecular formula is C19H23N3O4. The maximum absolute atomic E-state index is 12.3. The van der Waals surface area contributed by atoms with Crippen molar-refractivity contribution in [1.82, 2.24) is 5.32 Å². The average Bonchev–Trinajstić information content (AvgIpc) is 2.66. The average molecular weight is 357 g/mol. The molecule has 0 radical (unpaired) electrons. The third kappa shape index (κ3) is 5.20. The lowest BCUT2D eigenvalue weighted by molar-refractivity contribution is -0.384. The summed E-state index contributed by atoms with van der Waals surface area (Å²) >= 11 is 0. The molecule has 2 rings (SSSR count). The lowest BCUT2D eigenvalue weighted by Gasteiger charge is -2.09. The highest BCUT2D eigenvalue weighted by Gasteiger charge is 2.16. The van der Waals surface area contributed by atoms with Gasteiger partial charge in [0, 0.05) is 25.2 Å². The second-order valence-corrected chi connectivity index (χ2v) is 5.77. The molecule has 1 amide bonds. The Morgan fingerprint density at radius 1 is 1.23 bits per heavy atom. The summed E-state index contributed by atoms with van der Waals surface area (Å²) in [4.78, 5) is 22.9. The van der Waals surface area contributed by atoms with Crippen molar-refractivity contribution in [1.29, 1.82) is 0 Å². The van der Waals surface area contributed by atoms with Gasteiger partial charge in [0.25, 0.3) is 11.6 Å². The van der Waals surface area contributed by atoms with E-state index in [0.717, 1.165) is 24.2 Å². The molecule has 0 heterocycles. The van der Waals surface area contributed by atoms with Crippen LogP contribution in [0, 0.1) is 10.1 Å². The molecule has 0 saturated carbocycles. The predicted octanol–water partition coefficient (Wildman–Crippen LogP) is 3.75. The maximum Gasteiger partial charge on any atom is 0.293 e. The molecule has 0 atom stereocenters. The van der Waals surface area contributed by atoms with E-state index < -0.39 is 4.92 Å². The molecule has 0 aliphatic heterocycles. The molecule has 0 unspecified atom stereocenters. The van der Waals surface area contributed by atoms with Gasteiger partial charge in [-0.25, -0.2) is 0 Å². The minimum absolute atomic E-state index is 0.133. The highest BCUT2D eigenvalue weighted by Crippen LogP contribution is 2.25. The number of amides is 1. The number of nitrogens with one attached hydrogen (secondary N) is 2. The molecule has 0 saturated heterocycles. The number of unbranched alkanes of at least 4 members (excludes halogenated alkanes) is 1. The van der Waals surface area contributed by atoms with Gasteiger partial charge in [0.1, 0.15) is 11.4 Å². The largest absolute Gasteiger partial charge is 0.494 e. The van der Waals surface area contributed by atoms with Gasteiger partial charge >= 0.3 is 0 Å². The molecule has 0 aliphatic carbocycles. The quantitative estimate of drug-likeness (QED) is 0.405. The van der Waals surface area contributed by atoms with Crippen molar-refractivity contribution in [3.63, 3.8) is 0 Å². The first-order chi connectivity index (χ1) is 12.5. The van der Waals surface area contributed by atoms with E-state index in [-0.39, 0.29) is 17.2 Å². The number of anilines is 1. The zero-order valence-electron chi connectivity index (χ0n) is 15.0. The van der Waals surface area contributed by atoms with E-state index in [1.807, 2.05) is 24.3 Å². The summed E-state index contributed by atoms with van der Waals surface area (Å²) in [5, 5.41) is 16.6. The van der Waals surface area contributed by atoms with Crippen LogP contribution in [-0.2, 0) is 6.54 Å². The standard InChI is InChI=1S/C19H23N3O4/c1-3-4-10-26-16-7-5-6-14(11-16)13-21-19(23)15-8-9-17(20-2)18(12-15)22(24)25/h5-9,11-12,20H,3-4,10,13H2,1-2H3,(H,21,23). The summed E-state index contributed by atoms with van der Waals surface area (Å²) in [6.45, 7) is 3.07. The second kappa shape index (κ2) is 9.41. The normalized spacial score (nSPS) is 10.2. The van der Waals surface area contributed by atoms with Gasteiger partial charge in [0.05, 0.1) is 11.5 Å². The van der Waals surface area contributed by atoms with Gasteiger partial charge in [-0.2, -0.15) is 0 Å². The molecular weight excluding hydrogens is 334 g/mol. The number of hydrogen-bond donors (Lipinski definition) is 2. The van der Waals surface area contributed by atoms with Gasteiger partial charge in [-0.3, -0.25) is 14.9 Å². The highest BCUT2D eigenvalue weighted by molar-refractivity contribution is 5.95. The Labute approximate surface area is 152 Å². The third-order valence-corrected chi connectivity index (χ3v) is 3.84. The molecule has 0 bridgehead atoms. The van der Waals surface area contributed by atoms with Crippen LogP contribution in [0.1, 0.15) is 35.7 Å². The summed E-state index contributed by atoms with van der Waals surface area (Å²) in [6, 6.07) is 11.9. The Bertz CT molecular complexity index is 777. The second-order valence-electron chi connectivity index (χ2n) is 5.77. The topological polar surface area (TPSA) is 93.5 Å². The Morgan fingerprint density at radius 3 is 2.73 bits per heavy atom. The molecule has 2 aromatic carbocycles. The first kappa shape index (κ1) is 19.2. The number of nitrogens with zero attached hydrogens (tertiary/aromatic N) is 1. The van der Waals surface area contributed by atoms with Crippen LogP contribution in [0.15, 0.2) is 42.5 Å². The number of ether oxygens (including phenoxy) is 1. The highest BCUT2D eigenvalue weighted by atomic mass is 16.6. The molecule has 0 aromatic heterocycles. The van der Waals surface area contributed by atoms with Gasteiger partial charge in [-0.15, -0.1) is 0 Å². The van der Waals surface area contributed by atoms with E-state index in [4.69, 9.17) is 4.74 Å². The van der Waals surface area contributed by atoms with Gasteiger partial charge in [0.15, 0.2) is 0 Å². The van der Waals surface area contributed by atoms with Crippen LogP contribution in [0.4, 0.5) is 11.4 Å². The van der Waals surface area contributed by atoms with E-state index in [2.05, 4.69) is 17.6 Å². The minimum atomic E-state index is -0.514. The van der Waals surface area contributed by atoms with Crippen LogP contribution in [-0.4, -0.2) is 24.5 Å². The van der Waals surface area contributed by atoms with Crippen molar-refractivity contribution in [3.8, 4) is 5.75 Å². The number of nitro groups is 1. The zero-order chi connectivity index (χ0) is 18.9. The lowest BCUT2D eigenvalue weighted by Crippen LogP contribution is -2.23. The molecule has 7 nitrogen and oxygen atoms in total. The monoisotopic (exact) mass is 357 g/mol. The van der Waals surface area contributed by atoms with Crippen molar-refractivity contribution in [3.05, 3.63) is 63.7 Å². The molecule has 0 fully saturated rings. The van der Waals surface area contributed by atoms with Gasteiger partial charge in [0.2, 0.25) is 0 Å². The Kier molecular flexibility index (Phi) is 6.96. The summed E-state index contributed by atoms with van der Waals surface area (Å²) in [7, 11) is 1.59. The number of nitro benzene ring substituents is 1. The Hall–Kier alpha value is -3.09. The fourth-order valence-electron chi connectivity index (χ4n) is 2.40. The fraction of sp³-hybridized carbons (Fsp3) is 0.316. The third-order valence-electron chi connectivity index (χ3n) is 3.84. The van der Waals surface area contributed by atoms with Crippen molar-refractivity contribution in [2.75, 3.05) is 19.0 Å². The first-order valence-electron chi connectivity index (χ1n) is 8.51. The van der Waals surface area contributed by atoms with Crippen molar-refractivity contribution < 1.29 is 14.5 Å². The van der Waals surface area contributed by atoms with Gasteiger partial charge < -0.3 is 15.4 Å². The summed E-state index contributed by atoms with van der Waals surface area (Å²) in [6.07, 6.45) is 2.05. The molecule has 138 valence electrons. The molecule has 0 spiro atoms.